The summed E-state index contributed by atoms with van der Waals surface area (Å²) in [5, 5.41) is 3.14. The molecule has 164 valence electrons. The normalized spacial score (nSPS) is 18.2. The van der Waals surface area contributed by atoms with Gasteiger partial charge in [0.15, 0.2) is 5.84 Å². The maximum absolute atomic E-state index is 13.3. The average Bonchev–Trinajstić information content (AvgIpc) is 3.47. The molecule has 1 N–H and O–H groups in total. The zero-order valence-corrected chi connectivity index (χ0v) is 18.4. The summed E-state index contributed by atoms with van der Waals surface area (Å²) in [6.07, 6.45) is 3.63. The van der Waals surface area contributed by atoms with E-state index < -0.39 is 0 Å². The highest BCUT2D eigenvalue weighted by molar-refractivity contribution is 7.09. The van der Waals surface area contributed by atoms with E-state index >= 15 is 0 Å². The van der Waals surface area contributed by atoms with Crippen LogP contribution in [0.15, 0.2) is 58.0 Å². The van der Waals surface area contributed by atoms with E-state index in [4.69, 9.17) is 4.74 Å². The molecule has 2 aliphatic heterocycles. The molecular weight excluding hydrogens is 424 g/mol. The molecule has 2 amide bonds. The number of rotatable bonds is 7. The van der Waals surface area contributed by atoms with Crippen LogP contribution in [0.4, 0.5) is 0 Å². The zero-order valence-electron chi connectivity index (χ0n) is 17.6. The molecule has 3 aromatic rings. The minimum absolute atomic E-state index is 0.0214. The van der Waals surface area contributed by atoms with Crippen molar-refractivity contribution in [3.63, 3.8) is 0 Å². The molecule has 0 radical (unpaired) electrons. The third-order valence-electron chi connectivity index (χ3n) is 5.89. The van der Waals surface area contributed by atoms with Crippen LogP contribution in [-0.4, -0.2) is 53.0 Å². The van der Waals surface area contributed by atoms with E-state index in [0.717, 1.165) is 27.1 Å². The second-order valence-corrected chi connectivity index (χ2v) is 9.07. The number of amides is 2. The highest BCUT2D eigenvalue weighted by Gasteiger charge is 2.32. The minimum Gasteiger partial charge on any atom is -0.380 e. The molecule has 0 bridgehead atoms. The predicted molar refractivity (Wildman–Crippen MR) is 125 cm³/mol. The Labute approximate surface area is 189 Å². The molecule has 7 nitrogen and oxygen atoms in total. The van der Waals surface area contributed by atoms with Gasteiger partial charge in [-0.05, 0) is 29.5 Å². The number of nitrogens with zero attached hydrogens (tertiary/aromatic N) is 3. The van der Waals surface area contributed by atoms with Crippen molar-refractivity contribution in [1.29, 1.82) is 0 Å². The van der Waals surface area contributed by atoms with Crippen LogP contribution < -0.4 is 0 Å². The molecule has 5 rings (SSSR count). The topological polar surface area (TPSA) is 87.1 Å². The SMILES string of the molecule is O=C1N=C(CN(Cc2cccs2)C(=O)CCc2c[nH]c3ccccc23)N=C2CCOCC12. The number of hydrogen-bond donors (Lipinski definition) is 1. The van der Waals surface area contributed by atoms with Gasteiger partial charge in [0.2, 0.25) is 5.91 Å². The summed E-state index contributed by atoms with van der Waals surface area (Å²) in [5.41, 5.74) is 3.02. The number of amidine groups is 1. The highest BCUT2D eigenvalue weighted by atomic mass is 32.1. The fourth-order valence-corrected chi connectivity index (χ4v) is 4.91. The molecule has 1 unspecified atom stereocenters. The minimum atomic E-state index is -0.365. The maximum Gasteiger partial charge on any atom is 0.258 e. The number of carbonyl (C=O) groups is 2. The first-order valence-electron chi connectivity index (χ1n) is 10.8. The van der Waals surface area contributed by atoms with Gasteiger partial charge in [0.05, 0.1) is 26.3 Å². The van der Waals surface area contributed by atoms with Gasteiger partial charge in [0.1, 0.15) is 5.92 Å². The predicted octanol–water partition coefficient (Wildman–Crippen LogP) is 3.61. The number of H-pyrrole nitrogens is 1. The van der Waals surface area contributed by atoms with E-state index in [2.05, 4.69) is 21.0 Å². The van der Waals surface area contributed by atoms with Gasteiger partial charge in [-0.25, -0.2) is 4.99 Å². The van der Waals surface area contributed by atoms with Crippen molar-refractivity contribution in [1.82, 2.24) is 9.88 Å². The molecule has 0 aliphatic carbocycles. The number of ether oxygens (including phenoxy) is 1. The molecular formula is C24H24N4O3S. The van der Waals surface area contributed by atoms with E-state index in [0.29, 0.717) is 44.9 Å². The number of aryl methyl sites for hydroxylation is 1. The first-order chi connectivity index (χ1) is 15.7. The molecule has 0 saturated carbocycles. The van der Waals surface area contributed by atoms with Crippen LogP contribution in [0, 0.1) is 5.92 Å². The Kier molecular flexibility index (Phi) is 5.96. The number of thiophene rings is 1. The smallest absolute Gasteiger partial charge is 0.258 e. The molecule has 8 heteroatoms. The van der Waals surface area contributed by atoms with E-state index in [1.54, 1.807) is 16.2 Å². The number of benzene rings is 1. The van der Waals surface area contributed by atoms with E-state index in [-0.39, 0.29) is 24.3 Å². The lowest BCUT2D eigenvalue weighted by Crippen LogP contribution is -2.40. The number of hydrogen-bond acceptors (Lipinski definition) is 5. The van der Waals surface area contributed by atoms with Crippen LogP contribution in [0.1, 0.15) is 23.3 Å². The van der Waals surface area contributed by atoms with Gasteiger partial charge in [0, 0.05) is 40.5 Å². The number of fused-ring (bicyclic) bond motifs is 2. The van der Waals surface area contributed by atoms with Crippen molar-refractivity contribution in [2.24, 2.45) is 15.9 Å². The van der Waals surface area contributed by atoms with Gasteiger partial charge in [-0.15, -0.1) is 11.3 Å². The molecule has 2 aromatic heterocycles. The van der Waals surface area contributed by atoms with Crippen LogP contribution in [0.2, 0.25) is 0 Å². The summed E-state index contributed by atoms with van der Waals surface area (Å²) in [5.74, 6) is -0.142. The van der Waals surface area contributed by atoms with Gasteiger partial charge in [-0.2, -0.15) is 4.99 Å². The largest absolute Gasteiger partial charge is 0.380 e. The van der Waals surface area contributed by atoms with Crippen molar-refractivity contribution < 1.29 is 14.3 Å². The number of aromatic amines is 1. The van der Waals surface area contributed by atoms with E-state index in [1.165, 1.54) is 0 Å². The number of carbonyl (C=O) groups excluding carboxylic acids is 2. The molecule has 1 fully saturated rings. The molecule has 32 heavy (non-hydrogen) atoms. The van der Waals surface area contributed by atoms with Crippen LogP contribution in [0.3, 0.4) is 0 Å². The molecule has 4 heterocycles. The number of nitrogens with one attached hydrogen (secondary N) is 1. The monoisotopic (exact) mass is 448 g/mol. The molecule has 2 aliphatic rings. The summed E-state index contributed by atoms with van der Waals surface area (Å²) < 4.78 is 5.40. The Balaban J connectivity index is 1.32. The second-order valence-electron chi connectivity index (χ2n) is 8.04. The summed E-state index contributed by atoms with van der Waals surface area (Å²) in [7, 11) is 0. The average molecular weight is 449 g/mol. The lowest BCUT2D eigenvalue weighted by Gasteiger charge is -2.27. The van der Waals surface area contributed by atoms with Gasteiger partial charge < -0.3 is 14.6 Å². The first-order valence-corrected chi connectivity index (χ1v) is 11.7. The maximum atomic E-state index is 13.3. The summed E-state index contributed by atoms with van der Waals surface area (Å²) in [6, 6.07) is 12.1. The third-order valence-corrected chi connectivity index (χ3v) is 6.76. The Morgan fingerprint density at radius 1 is 1.19 bits per heavy atom. The van der Waals surface area contributed by atoms with Crippen molar-refractivity contribution in [3.05, 3.63) is 58.4 Å². The van der Waals surface area contributed by atoms with Crippen molar-refractivity contribution >= 4 is 45.6 Å². The Morgan fingerprint density at radius 3 is 2.97 bits per heavy atom. The van der Waals surface area contributed by atoms with Gasteiger partial charge in [-0.1, -0.05) is 24.3 Å². The standard InChI is InChI=1S/C24H24N4O3S/c29-23(8-7-16-12-25-20-6-2-1-5-18(16)20)28(13-17-4-3-11-32-17)14-22-26-21-9-10-31-15-19(21)24(30)27-22/h1-6,11-12,19,25H,7-10,13-15H2. The van der Waals surface area contributed by atoms with Crippen LogP contribution in [0.25, 0.3) is 10.9 Å². The zero-order chi connectivity index (χ0) is 21.9. The van der Waals surface area contributed by atoms with Crippen molar-refractivity contribution in [2.75, 3.05) is 19.8 Å². The summed E-state index contributed by atoms with van der Waals surface area (Å²) in [4.78, 5) is 40.6. The van der Waals surface area contributed by atoms with Crippen molar-refractivity contribution in [3.8, 4) is 0 Å². The molecule has 1 aromatic carbocycles. The van der Waals surface area contributed by atoms with Crippen LogP contribution >= 0.6 is 11.3 Å². The third kappa shape index (κ3) is 4.42. The quantitative estimate of drug-likeness (QED) is 0.599. The van der Waals surface area contributed by atoms with E-state index in [1.807, 2.05) is 41.9 Å². The Bertz CT molecular complexity index is 1200. The highest BCUT2D eigenvalue weighted by Crippen LogP contribution is 2.21. The second kappa shape index (κ2) is 9.18. The number of aliphatic imine (C=N–C) groups is 2. The van der Waals surface area contributed by atoms with Gasteiger partial charge in [-0.3, -0.25) is 9.59 Å². The first kappa shape index (κ1) is 20.8. The van der Waals surface area contributed by atoms with Gasteiger partial charge in [0.25, 0.3) is 5.91 Å². The number of aromatic nitrogens is 1. The van der Waals surface area contributed by atoms with Gasteiger partial charge >= 0.3 is 0 Å². The van der Waals surface area contributed by atoms with Crippen molar-refractivity contribution in [2.45, 2.75) is 25.8 Å². The fraction of sp³-hybridized carbons (Fsp3) is 0.333. The Morgan fingerprint density at radius 2 is 2.09 bits per heavy atom. The van der Waals surface area contributed by atoms with E-state index in [9.17, 15) is 9.59 Å². The van der Waals surface area contributed by atoms with Crippen LogP contribution in [-0.2, 0) is 27.3 Å². The Hall–Kier alpha value is -3.10. The lowest BCUT2D eigenvalue weighted by atomic mass is 9.97. The summed E-state index contributed by atoms with van der Waals surface area (Å²) >= 11 is 1.61. The molecule has 1 saturated heterocycles. The molecule has 0 spiro atoms. The summed E-state index contributed by atoms with van der Waals surface area (Å²) in [6.45, 7) is 1.62. The number of para-hydroxylation sites is 1. The molecule has 1 atom stereocenters. The van der Waals surface area contributed by atoms with Crippen LogP contribution in [0.5, 0.6) is 0 Å². The fourth-order valence-electron chi connectivity index (χ4n) is 4.19. The lowest BCUT2D eigenvalue weighted by molar-refractivity contribution is -0.131.